The lowest BCUT2D eigenvalue weighted by Gasteiger charge is -2.13. The van der Waals surface area contributed by atoms with Crippen molar-refractivity contribution in [2.75, 3.05) is 0 Å². The molecular weight excluding hydrogens is 238 g/mol. The number of carboxylic acids is 1. The summed E-state index contributed by atoms with van der Waals surface area (Å²) in [5.74, 6) is -0.782. The first-order chi connectivity index (χ1) is 9.11. The largest absolute Gasteiger partial charge is 0.481 e. The highest BCUT2D eigenvalue weighted by atomic mass is 16.4. The van der Waals surface area contributed by atoms with E-state index in [0.717, 1.165) is 12.1 Å². The fourth-order valence-corrected chi connectivity index (χ4v) is 2.04. The van der Waals surface area contributed by atoms with Crippen molar-refractivity contribution < 1.29 is 9.90 Å². The number of hydrogen-bond acceptors (Lipinski definition) is 2. The second kappa shape index (κ2) is 8.70. The molecule has 106 valence electrons. The van der Waals surface area contributed by atoms with Gasteiger partial charge in [0.15, 0.2) is 0 Å². The summed E-state index contributed by atoms with van der Waals surface area (Å²) < 4.78 is 0. The Labute approximate surface area is 116 Å². The minimum atomic E-state index is -0.782. The van der Waals surface area contributed by atoms with Crippen LogP contribution in [0.1, 0.15) is 50.7 Å². The Morgan fingerprint density at radius 3 is 2.42 bits per heavy atom. The van der Waals surface area contributed by atoms with Crippen LogP contribution in [0.25, 0.3) is 0 Å². The molecule has 0 radical (unpaired) electrons. The van der Waals surface area contributed by atoms with Gasteiger partial charge in [0.05, 0.1) is 6.42 Å². The molecule has 0 bridgehead atoms. The molecule has 19 heavy (non-hydrogen) atoms. The predicted octanol–water partition coefficient (Wildman–Crippen LogP) is 3.37. The van der Waals surface area contributed by atoms with Gasteiger partial charge in [0, 0.05) is 12.6 Å². The number of carboxylic acid groups (broad SMARTS) is 1. The van der Waals surface area contributed by atoms with Crippen LogP contribution in [0.2, 0.25) is 0 Å². The normalized spacial score (nSPS) is 12.3. The fraction of sp³-hybridized carbons (Fsp3) is 0.562. The molecule has 0 saturated carbocycles. The second-order valence-electron chi connectivity index (χ2n) is 5.16. The van der Waals surface area contributed by atoms with Gasteiger partial charge in [0.25, 0.3) is 0 Å². The number of rotatable bonds is 9. The van der Waals surface area contributed by atoms with E-state index in [1.165, 1.54) is 31.2 Å². The average Bonchev–Trinajstić information content (AvgIpc) is 2.37. The van der Waals surface area contributed by atoms with E-state index < -0.39 is 5.97 Å². The number of aliphatic carboxylic acids is 1. The summed E-state index contributed by atoms with van der Waals surface area (Å²) in [5, 5.41) is 12.2. The molecule has 0 aliphatic heterocycles. The Morgan fingerprint density at radius 1 is 1.21 bits per heavy atom. The Kier molecular flexibility index (Phi) is 7.19. The van der Waals surface area contributed by atoms with Gasteiger partial charge in [-0.15, -0.1) is 0 Å². The van der Waals surface area contributed by atoms with Gasteiger partial charge >= 0.3 is 5.97 Å². The SMILES string of the molecule is CCCCCC(C)NCc1ccc(CC(=O)O)cc1. The summed E-state index contributed by atoms with van der Waals surface area (Å²) in [6.07, 6.45) is 5.15. The number of unbranched alkanes of at least 4 members (excludes halogenated alkanes) is 2. The van der Waals surface area contributed by atoms with Crippen molar-refractivity contribution in [2.45, 2.75) is 58.5 Å². The molecule has 0 heterocycles. The fourth-order valence-electron chi connectivity index (χ4n) is 2.04. The third-order valence-corrected chi connectivity index (χ3v) is 3.27. The van der Waals surface area contributed by atoms with Crippen molar-refractivity contribution in [1.82, 2.24) is 5.32 Å². The molecule has 0 aliphatic carbocycles. The molecule has 1 aromatic rings. The summed E-state index contributed by atoms with van der Waals surface area (Å²) in [6, 6.07) is 8.33. The van der Waals surface area contributed by atoms with Crippen LogP contribution in [0.15, 0.2) is 24.3 Å². The highest BCUT2D eigenvalue weighted by Gasteiger charge is 2.03. The van der Waals surface area contributed by atoms with E-state index in [1.54, 1.807) is 0 Å². The summed E-state index contributed by atoms with van der Waals surface area (Å²) in [6.45, 7) is 5.28. The van der Waals surface area contributed by atoms with Gasteiger partial charge in [0.1, 0.15) is 0 Å². The van der Waals surface area contributed by atoms with Crippen LogP contribution in [0.3, 0.4) is 0 Å². The lowest BCUT2D eigenvalue weighted by Crippen LogP contribution is -2.25. The molecule has 1 aromatic carbocycles. The summed E-state index contributed by atoms with van der Waals surface area (Å²) in [5.41, 5.74) is 2.06. The number of benzene rings is 1. The Bertz CT molecular complexity index is 373. The molecule has 1 rings (SSSR count). The number of carbonyl (C=O) groups is 1. The highest BCUT2D eigenvalue weighted by molar-refractivity contribution is 5.70. The first-order valence-corrected chi connectivity index (χ1v) is 7.14. The van der Waals surface area contributed by atoms with Gasteiger partial charge in [-0.3, -0.25) is 4.79 Å². The first kappa shape index (κ1) is 15.7. The zero-order chi connectivity index (χ0) is 14.1. The third kappa shape index (κ3) is 6.97. The highest BCUT2D eigenvalue weighted by Crippen LogP contribution is 2.07. The van der Waals surface area contributed by atoms with Crippen LogP contribution in [0, 0.1) is 0 Å². The van der Waals surface area contributed by atoms with Crippen LogP contribution in [0.4, 0.5) is 0 Å². The van der Waals surface area contributed by atoms with E-state index in [-0.39, 0.29) is 6.42 Å². The number of hydrogen-bond donors (Lipinski definition) is 2. The lowest BCUT2D eigenvalue weighted by molar-refractivity contribution is -0.136. The van der Waals surface area contributed by atoms with E-state index in [0.29, 0.717) is 6.04 Å². The van der Waals surface area contributed by atoms with Crippen LogP contribution in [0.5, 0.6) is 0 Å². The van der Waals surface area contributed by atoms with E-state index in [9.17, 15) is 4.79 Å². The summed E-state index contributed by atoms with van der Waals surface area (Å²) >= 11 is 0. The van der Waals surface area contributed by atoms with Gasteiger partial charge in [-0.2, -0.15) is 0 Å². The molecule has 0 aliphatic rings. The Hall–Kier alpha value is -1.35. The van der Waals surface area contributed by atoms with Crippen LogP contribution < -0.4 is 5.32 Å². The van der Waals surface area contributed by atoms with Gasteiger partial charge in [-0.1, -0.05) is 50.5 Å². The average molecular weight is 263 g/mol. The molecule has 2 N–H and O–H groups in total. The zero-order valence-electron chi connectivity index (χ0n) is 12.0. The standard InChI is InChI=1S/C16H25NO2/c1-3-4-5-6-13(2)17-12-15-9-7-14(8-10-15)11-16(18)19/h7-10,13,17H,3-6,11-12H2,1-2H3,(H,18,19). The minimum Gasteiger partial charge on any atom is -0.481 e. The molecular formula is C16H25NO2. The minimum absolute atomic E-state index is 0.0983. The monoisotopic (exact) mass is 263 g/mol. The topological polar surface area (TPSA) is 49.3 Å². The van der Waals surface area contributed by atoms with Gasteiger partial charge in [0.2, 0.25) is 0 Å². The van der Waals surface area contributed by atoms with E-state index in [2.05, 4.69) is 19.2 Å². The molecule has 0 spiro atoms. The molecule has 0 saturated heterocycles. The van der Waals surface area contributed by atoms with Gasteiger partial charge in [-0.05, 0) is 24.5 Å². The van der Waals surface area contributed by atoms with Crippen molar-refractivity contribution >= 4 is 5.97 Å². The summed E-state index contributed by atoms with van der Waals surface area (Å²) in [7, 11) is 0. The van der Waals surface area contributed by atoms with Crippen molar-refractivity contribution in [3.8, 4) is 0 Å². The molecule has 1 unspecified atom stereocenters. The van der Waals surface area contributed by atoms with Crippen molar-refractivity contribution in [2.24, 2.45) is 0 Å². The van der Waals surface area contributed by atoms with E-state index >= 15 is 0 Å². The van der Waals surface area contributed by atoms with Crippen LogP contribution in [-0.2, 0) is 17.8 Å². The van der Waals surface area contributed by atoms with E-state index in [4.69, 9.17) is 5.11 Å². The molecule has 1 atom stereocenters. The smallest absolute Gasteiger partial charge is 0.307 e. The van der Waals surface area contributed by atoms with Gasteiger partial charge in [-0.25, -0.2) is 0 Å². The van der Waals surface area contributed by atoms with Crippen LogP contribution >= 0.6 is 0 Å². The number of nitrogens with one attached hydrogen (secondary N) is 1. The van der Waals surface area contributed by atoms with E-state index in [1.807, 2.05) is 24.3 Å². The Balaban J connectivity index is 2.31. The molecule has 0 fully saturated rings. The van der Waals surface area contributed by atoms with Crippen molar-refractivity contribution in [1.29, 1.82) is 0 Å². The zero-order valence-corrected chi connectivity index (χ0v) is 12.0. The van der Waals surface area contributed by atoms with Crippen LogP contribution in [-0.4, -0.2) is 17.1 Å². The first-order valence-electron chi connectivity index (χ1n) is 7.14. The molecule has 3 heteroatoms. The maximum Gasteiger partial charge on any atom is 0.307 e. The molecule has 0 amide bonds. The second-order valence-corrected chi connectivity index (χ2v) is 5.16. The van der Waals surface area contributed by atoms with Crippen molar-refractivity contribution in [3.05, 3.63) is 35.4 Å². The lowest BCUT2D eigenvalue weighted by atomic mass is 10.1. The third-order valence-electron chi connectivity index (χ3n) is 3.27. The maximum absolute atomic E-state index is 10.6. The molecule has 3 nitrogen and oxygen atoms in total. The summed E-state index contributed by atoms with van der Waals surface area (Å²) in [4.78, 5) is 10.6. The van der Waals surface area contributed by atoms with Crippen molar-refractivity contribution in [3.63, 3.8) is 0 Å². The molecule has 0 aromatic heterocycles. The maximum atomic E-state index is 10.6. The Morgan fingerprint density at radius 2 is 1.84 bits per heavy atom. The predicted molar refractivity (Wildman–Crippen MR) is 78.2 cm³/mol. The quantitative estimate of drug-likeness (QED) is 0.672. The van der Waals surface area contributed by atoms with Gasteiger partial charge < -0.3 is 10.4 Å².